The minimum Gasteiger partial charge on any atom is -0.496 e. The van der Waals surface area contributed by atoms with E-state index >= 15 is 0 Å². The second kappa shape index (κ2) is 12.9. The molecule has 0 radical (unpaired) electrons. The van der Waals surface area contributed by atoms with Crippen LogP contribution >= 0.6 is 27.3 Å². The smallest absolute Gasteiger partial charge is 0.291 e. The Bertz CT molecular complexity index is 2080. The molecule has 0 saturated heterocycles. The number of methoxy groups -OCH3 is 2. The van der Waals surface area contributed by atoms with Crippen LogP contribution in [-0.2, 0) is 0 Å². The van der Waals surface area contributed by atoms with Crippen LogP contribution in [0.15, 0.2) is 82.2 Å². The van der Waals surface area contributed by atoms with Gasteiger partial charge in [-0.05, 0) is 82.5 Å². The van der Waals surface area contributed by atoms with Crippen molar-refractivity contribution in [1.82, 2.24) is 24.4 Å². The predicted octanol–water partition coefficient (Wildman–Crippen LogP) is 6.29. The third kappa shape index (κ3) is 6.01. The van der Waals surface area contributed by atoms with Crippen molar-refractivity contribution >= 4 is 50.5 Å². The van der Waals surface area contributed by atoms with Crippen molar-refractivity contribution in [3.63, 3.8) is 0 Å². The van der Waals surface area contributed by atoms with E-state index in [2.05, 4.69) is 32.9 Å². The summed E-state index contributed by atoms with van der Waals surface area (Å²) in [5.74, 6) is 2.50. The highest BCUT2D eigenvalue weighted by atomic mass is 79.9. The Morgan fingerprint density at radius 3 is 2.45 bits per heavy atom. The fourth-order valence-corrected chi connectivity index (χ4v) is 6.04. The Labute approximate surface area is 265 Å². The Kier molecular flexibility index (Phi) is 8.58. The maximum atomic E-state index is 13.4. The fourth-order valence-electron chi connectivity index (χ4n) is 4.59. The first kappa shape index (κ1) is 29.3. The van der Waals surface area contributed by atoms with Crippen LogP contribution < -0.4 is 24.3 Å². The Balaban J connectivity index is 1.34. The molecule has 9 nitrogen and oxygen atoms in total. The van der Waals surface area contributed by atoms with Gasteiger partial charge in [-0.25, -0.2) is 4.68 Å². The zero-order valence-corrected chi connectivity index (χ0v) is 26.6. The van der Waals surface area contributed by atoms with Gasteiger partial charge in [-0.3, -0.25) is 4.79 Å². The van der Waals surface area contributed by atoms with Crippen LogP contribution in [-0.4, -0.2) is 45.2 Å². The number of ether oxygens (including phenoxy) is 3. The summed E-state index contributed by atoms with van der Waals surface area (Å²) in [5.41, 5.74) is 3.94. The van der Waals surface area contributed by atoms with Gasteiger partial charge in [0, 0.05) is 17.3 Å². The summed E-state index contributed by atoms with van der Waals surface area (Å²) >= 11 is 4.86. The number of hydrogen-bond acceptors (Lipinski definition) is 8. The van der Waals surface area contributed by atoms with E-state index in [1.54, 1.807) is 25.0 Å². The van der Waals surface area contributed by atoms with Gasteiger partial charge >= 0.3 is 0 Å². The van der Waals surface area contributed by atoms with E-state index in [1.165, 1.54) is 15.9 Å². The van der Waals surface area contributed by atoms with E-state index in [0.717, 1.165) is 44.7 Å². The maximum absolute atomic E-state index is 13.4. The van der Waals surface area contributed by atoms with Gasteiger partial charge < -0.3 is 14.2 Å². The summed E-state index contributed by atoms with van der Waals surface area (Å²) in [5, 5.41) is 9.33. The molecule has 3 aromatic carbocycles. The highest BCUT2D eigenvalue weighted by Crippen LogP contribution is 2.32. The summed E-state index contributed by atoms with van der Waals surface area (Å²) in [6, 6.07) is 21.3. The molecule has 0 amide bonds. The highest BCUT2D eigenvalue weighted by Gasteiger charge is 2.15. The molecule has 0 spiro atoms. The molecule has 222 valence electrons. The third-order valence-electron chi connectivity index (χ3n) is 6.75. The summed E-state index contributed by atoms with van der Waals surface area (Å²) in [4.78, 5) is 18.5. The lowest BCUT2D eigenvalue weighted by molar-refractivity contribution is 0.294. The van der Waals surface area contributed by atoms with Crippen LogP contribution in [0.25, 0.3) is 40.1 Å². The van der Waals surface area contributed by atoms with Crippen LogP contribution in [0.2, 0.25) is 0 Å². The number of benzene rings is 3. The molecule has 0 aliphatic heterocycles. The lowest BCUT2D eigenvalue weighted by Crippen LogP contribution is -2.23. The van der Waals surface area contributed by atoms with E-state index in [0.29, 0.717) is 33.4 Å². The van der Waals surface area contributed by atoms with Gasteiger partial charge in [-0.2, -0.15) is 14.6 Å². The predicted molar refractivity (Wildman–Crippen MR) is 177 cm³/mol. The molecule has 0 fully saturated rings. The number of aromatic nitrogens is 5. The lowest BCUT2D eigenvalue weighted by atomic mass is 10.1. The van der Waals surface area contributed by atoms with Gasteiger partial charge in [-0.15, -0.1) is 5.10 Å². The highest BCUT2D eigenvalue weighted by molar-refractivity contribution is 9.10. The molecule has 11 heteroatoms. The summed E-state index contributed by atoms with van der Waals surface area (Å²) in [7, 11) is 3.24. The third-order valence-corrected chi connectivity index (χ3v) is 8.33. The topological polar surface area (TPSA) is 92.8 Å². The number of halogens is 1. The zero-order valence-electron chi connectivity index (χ0n) is 24.2. The number of fused-ring (bicyclic) bond motifs is 1. The lowest BCUT2D eigenvalue weighted by Gasteiger charge is -2.10. The van der Waals surface area contributed by atoms with Crippen molar-refractivity contribution in [2.45, 2.75) is 13.3 Å². The van der Waals surface area contributed by atoms with Gasteiger partial charge in [-0.1, -0.05) is 48.6 Å². The molecule has 0 aliphatic rings. The molecule has 0 saturated carbocycles. The number of rotatable bonds is 10. The van der Waals surface area contributed by atoms with Gasteiger partial charge in [0.25, 0.3) is 5.56 Å². The number of nitrogens with zero attached hydrogens (tertiary/aromatic N) is 5. The average Bonchev–Trinajstić information content (AvgIpc) is 3.74. The van der Waals surface area contributed by atoms with Gasteiger partial charge in [0.2, 0.25) is 4.96 Å². The summed E-state index contributed by atoms with van der Waals surface area (Å²) in [6.45, 7) is 2.67. The normalized spacial score (nSPS) is 12.0. The van der Waals surface area contributed by atoms with E-state index in [1.807, 2.05) is 85.1 Å². The molecule has 0 unspecified atom stereocenters. The van der Waals surface area contributed by atoms with Crippen LogP contribution in [0.1, 0.15) is 30.3 Å². The largest absolute Gasteiger partial charge is 0.496 e. The van der Waals surface area contributed by atoms with Crippen LogP contribution in [0.3, 0.4) is 0 Å². The monoisotopic (exact) mass is 669 g/mol. The molecule has 3 heterocycles. The molecule has 3 aromatic heterocycles. The fraction of sp³-hybridized carbons (Fsp3) is 0.152. The second-order valence-corrected chi connectivity index (χ2v) is 11.6. The molecule has 0 aliphatic carbocycles. The van der Waals surface area contributed by atoms with E-state index < -0.39 is 0 Å². The van der Waals surface area contributed by atoms with E-state index in [4.69, 9.17) is 19.3 Å². The van der Waals surface area contributed by atoms with E-state index in [9.17, 15) is 4.79 Å². The molecular weight excluding hydrogens is 642 g/mol. The first-order chi connectivity index (χ1) is 21.5. The van der Waals surface area contributed by atoms with Crippen molar-refractivity contribution in [2.24, 2.45) is 0 Å². The number of thiazole rings is 1. The Morgan fingerprint density at radius 2 is 1.73 bits per heavy atom. The number of para-hydroxylation sites is 1. The minimum atomic E-state index is -0.245. The molecule has 6 rings (SSSR count). The van der Waals surface area contributed by atoms with Gasteiger partial charge in [0.15, 0.2) is 17.3 Å². The SMILES string of the molecule is CCCOc1ccc(/C=C/c2nc3s/c(=C\c4cn(-c5ccccc5)nc4-c4ccc(OC)c(Br)c4)c(=O)n3n2)cc1OC. The van der Waals surface area contributed by atoms with Gasteiger partial charge in [0.1, 0.15) is 11.4 Å². The van der Waals surface area contributed by atoms with E-state index in [-0.39, 0.29) is 5.56 Å². The maximum Gasteiger partial charge on any atom is 0.291 e. The number of hydrogen-bond donors (Lipinski definition) is 0. The van der Waals surface area contributed by atoms with Crippen LogP contribution in [0.5, 0.6) is 17.2 Å². The Hall–Kier alpha value is -4.74. The van der Waals surface area contributed by atoms with Gasteiger partial charge in [0.05, 0.1) is 35.5 Å². The quantitative estimate of drug-likeness (QED) is 0.169. The molecule has 6 aromatic rings. The molecular formula is C33H28BrN5O4S. The summed E-state index contributed by atoms with van der Waals surface area (Å²) < 4.78 is 21.1. The first-order valence-corrected chi connectivity index (χ1v) is 15.5. The van der Waals surface area contributed by atoms with Crippen molar-refractivity contribution in [3.8, 4) is 34.2 Å². The average molecular weight is 671 g/mol. The molecule has 0 N–H and O–H groups in total. The van der Waals surface area contributed by atoms with Crippen molar-refractivity contribution in [2.75, 3.05) is 20.8 Å². The van der Waals surface area contributed by atoms with Crippen molar-refractivity contribution in [3.05, 3.63) is 109 Å². The summed E-state index contributed by atoms with van der Waals surface area (Å²) in [6.07, 6.45) is 8.31. The minimum absolute atomic E-state index is 0.245. The Morgan fingerprint density at radius 1 is 0.932 bits per heavy atom. The van der Waals surface area contributed by atoms with Crippen LogP contribution in [0.4, 0.5) is 0 Å². The second-order valence-electron chi connectivity index (χ2n) is 9.73. The standard InChI is InChI=1S/C33H28BrN5O4S/c1-4-16-43-27-13-10-21(17-28(27)42-3)11-15-30-35-33-39(36-30)32(40)29(44-33)19-23-20-38(24-8-6-5-7-9-24)37-31(23)22-12-14-26(41-2)25(34)18-22/h5-15,17-20H,4,16H2,1-3H3/b15-11+,29-19-. The molecule has 44 heavy (non-hydrogen) atoms. The van der Waals surface area contributed by atoms with Crippen molar-refractivity contribution in [1.29, 1.82) is 0 Å². The first-order valence-electron chi connectivity index (χ1n) is 13.9. The van der Waals surface area contributed by atoms with Crippen molar-refractivity contribution < 1.29 is 14.2 Å². The van der Waals surface area contributed by atoms with Crippen LogP contribution in [0, 0.1) is 0 Å². The zero-order chi connectivity index (χ0) is 30.6. The molecule has 0 bridgehead atoms. The molecule has 0 atom stereocenters.